The molecule has 0 aliphatic heterocycles. The molecule has 0 atom stereocenters. The van der Waals surface area contributed by atoms with Crippen LogP contribution in [-0.2, 0) is 6.42 Å². The second-order valence-corrected chi connectivity index (χ2v) is 10.5. The Balaban J connectivity index is 2.07. The normalized spacial score (nSPS) is 10.9. The summed E-state index contributed by atoms with van der Waals surface area (Å²) in [6.07, 6.45) is 24.4. The fraction of sp³-hybridized carbons (Fsp3) is 0.769. The molecule has 0 bridgehead atoms. The van der Waals surface area contributed by atoms with Crippen molar-refractivity contribution in [2.45, 2.75) is 128 Å². The molecule has 1 heteroatoms. The van der Waals surface area contributed by atoms with Gasteiger partial charge in [0.2, 0.25) is 0 Å². The Kier molecular flexibility index (Phi) is 17.9. The molecule has 1 aromatic carbocycles. The predicted molar refractivity (Wildman–Crippen MR) is 126 cm³/mol. The first-order valence-corrected chi connectivity index (χ1v) is 14.2. The van der Waals surface area contributed by atoms with Gasteiger partial charge in [-0.2, -0.15) is 3.69 Å². The number of rotatable bonds is 19. The van der Waals surface area contributed by atoms with Crippen LogP contribution in [0.1, 0.15) is 122 Å². The van der Waals surface area contributed by atoms with E-state index in [0.29, 0.717) is 0 Å². The summed E-state index contributed by atoms with van der Waals surface area (Å²) in [5.74, 6) is 0. The van der Waals surface area contributed by atoms with E-state index < -0.39 is 0 Å². The van der Waals surface area contributed by atoms with E-state index in [9.17, 15) is 0 Å². The molecule has 0 unspecified atom stereocenters. The van der Waals surface area contributed by atoms with Crippen molar-refractivity contribution in [2.75, 3.05) is 0 Å². The SMILES string of the molecule is CCCCCCCCC[CH2][Mg][c]1ccccc1CCCCCCCCCC. The van der Waals surface area contributed by atoms with Crippen LogP contribution in [0, 0.1) is 0 Å². The summed E-state index contributed by atoms with van der Waals surface area (Å²) in [4.78, 5) is 0. The largest absolute Gasteiger partial charge is 0.409 e. The van der Waals surface area contributed by atoms with Crippen molar-refractivity contribution in [2.24, 2.45) is 0 Å². The minimum atomic E-state index is -0.0415. The van der Waals surface area contributed by atoms with Gasteiger partial charge in [0.25, 0.3) is 0 Å². The highest BCUT2D eigenvalue weighted by molar-refractivity contribution is 6.54. The first-order valence-electron chi connectivity index (χ1n) is 12.4. The van der Waals surface area contributed by atoms with Gasteiger partial charge in [-0.15, -0.1) is 4.55 Å². The van der Waals surface area contributed by atoms with Crippen LogP contribution in [0.25, 0.3) is 0 Å². The first-order chi connectivity index (χ1) is 13.4. The van der Waals surface area contributed by atoms with Gasteiger partial charge in [0.15, 0.2) is 0 Å². The van der Waals surface area contributed by atoms with Crippen LogP contribution in [0.15, 0.2) is 24.3 Å². The van der Waals surface area contributed by atoms with Crippen LogP contribution in [0.3, 0.4) is 0 Å². The summed E-state index contributed by atoms with van der Waals surface area (Å²) in [5, 5.41) is 0. The average Bonchev–Trinajstić information content (AvgIpc) is 2.69. The monoisotopic (exact) mass is 382 g/mol. The van der Waals surface area contributed by atoms with Gasteiger partial charge in [-0.1, -0.05) is 140 Å². The van der Waals surface area contributed by atoms with Crippen LogP contribution in [0.2, 0.25) is 4.55 Å². The van der Waals surface area contributed by atoms with Crippen LogP contribution >= 0.6 is 0 Å². The van der Waals surface area contributed by atoms with Crippen LogP contribution in [0.4, 0.5) is 0 Å². The lowest BCUT2D eigenvalue weighted by Crippen LogP contribution is -2.18. The molecule has 0 spiro atoms. The van der Waals surface area contributed by atoms with Crippen molar-refractivity contribution in [1.29, 1.82) is 0 Å². The van der Waals surface area contributed by atoms with Gasteiger partial charge in [-0.05, 0) is 12.8 Å². The molecule has 152 valence electrons. The van der Waals surface area contributed by atoms with E-state index in [1.165, 1.54) is 114 Å². The highest BCUT2D eigenvalue weighted by Crippen LogP contribution is 2.12. The molecular weight excluding hydrogens is 337 g/mol. The van der Waals surface area contributed by atoms with Crippen molar-refractivity contribution < 1.29 is 0 Å². The van der Waals surface area contributed by atoms with E-state index in [-0.39, 0.29) is 20.4 Å². The molecule has 0 amide bonds. The number of benzene rings is 1. The number of aryl methyl sites for hydroxylation is 1. The Morgan fingerprint density at radius 3 is 1.63 bits per heavy atom. The lowest BCUT2D eigenvalue weighted by Gasteiger charge is -2.09. The standard InChI is InChI=1S/C16H25.C10H21.Mg/c1-2-3-4-5-6-7-8-10-13-16-14-11-9-12-15-16;1-3-5-7-9-10-8-6-4-2;/h9,11-12,14H,2-8,10,13H2,1H3;1,3-10H2,2H3;. The summed E-state index contributed by atoms with van der Waals surface area (Å²) in [6, 6.07) is 9.38. The smallest absolute Gasteiger partial charge is 0.171 e. The molecule has 0 aliphatic carbocycles. The maximum atomic E-state index is 2.44. The van der Waals surface area contributed by atoms with Crippen molar-refractivity contribution in [3.63, 3.8) is 0 Å². The summed E-state index contributed by atoms with van der Waals surface area (Å²) in [7, 11) is 0. The number of unbranched alkanes of at least 4 members (excludes halogenated alkanes) is 14. The topological polar surface area (TPSA) is 0 Å². The van der Waals surface area contributed by atoms with E-state index >= 15 is 0 Å². The van der Waals surface area contributed by atoms with E-state index in [1.54, 1.807) is 9.26 Å². The zero-order valence-electron chi connectivity index (χ0n) is 18.7. The molecule has 0 nitrogen and oxygen atoms in total. The molecule has 27 heavy (non-hydrogen) atoms. The minimum Gasteiger partial charge on any atom is -0.171 e. The Morgan fingerprint density at radius 1 is 0.556 bits per heavy atom. The lowest BCUT2D eigenvalue weighted by molar-refractivity contribution is 0.576. The Hall–Kier alpha value is -0.0138. The van der Waals surface area contributed by atoms with E-state index in [0.717, 1.165) is 0 Å². The molecular formula is C26H46Mg. The molecule has 0 aliphatic rings. The van der Waals surface area contributed by atoms with E-state index in [2.05, 4.69) is 38.1 Å². The van der Waals surface area contributed by atoms with Gasteiger partial charge < -0.3 is 0 Å². The Morgan fingerprint density at radius 2 is 1.04 bits per heavy atom. The third-order valence-corrected chi connectivity index (χ3v) is 8.05. The Bertz CT molecular complexity index is 426. The summed E-state index contributed by atoms with van der Waals surface area (Å²) >= 11 is -0.0415. The molecule has 0 radical (unpaired) electrons. The van der Waals surface area contributed by atoms with Gasteiger partial charge in [-0.25, -0.2) is 0 Å². The summed E-state index contributed by atoms with van der Waals surface area (Å²) < 4.78 is 3.28. The number of hydrogen-bond acceptors (Lipinski definition) is 0. The maximum Gasteiger partial charge on any atom is 0.409 e. The molecule has 0 heterocycles. The Labute approximate surface area is 181 Å². The third kappa shape index (κ3) is 14.6. The van der Waals surface area contributed by atoms with Crippen molar-refractivity contribution in [3.05, 3.63) is 29.8 Å². The number of hydrogen-bond donors (Lipinski definition) is 0. The molecule has 0 N–H and O–H groups in total. The fourth-order valence-electron chi connectivity index (χ4n) is 4.12. The third-order valence-electron chi connectivity index (χ3n) is 5.97. The summed E-state index contributed by atoms with van der Waals surface area (Å²) in [6.45, 7) is 4.60. The fourth-order valence-corrected chi connectivity index (χ4v) is 6.02. The molecule has 1 aromatic rings. The van der Waals surface area contributed by atoms with Crippen molar-refractivity contribution in [1.82, 2.24) is 0 Å². The van der Waals surface area contributed by atoms with Crippen molar-refractivity contribution >= 4 is 24.1 Å². The van der Waals surface area contributed by atoms with E-state index in [1.807, 2.05) is 0 Å². The van der Waals surface area contributed by atoms with Gasteiger partial charge in [-0.3, -0.25) is 0 Å². The quantitative estimate of drug-likeness (QED) is 0.167. The zero-order valence-corrected chi connectivity index (χ0v) is 20.2. The van der Waals surface area contributed by atoms with Gasteiger partial charge in [0.05, 0.1) is 0 Å². The van der Waals surface area contributed by atoms with Crippen LogP contribution in [0.5, 0.6) is 0 Å². The zero-order chi connectivity index (χ0) is 19.4. The highest BCUT2D eigenvalue weighted by Gasteiger charge is 2.05. The average molecular weight is 383 g/mol. The van der Waals surface area contributed by atoms with Crippen molar-refractivity contribution in [3.8, 4) is 0 Å². The minimum absolute atomic E-state index is 0.0415. The van der Waals surface area contributed by atoms with Crippen LogP contribution in [-0.4, -0.2) is 20.4 Å². The van der Waals surface area contributed by atoms with Gasteiger partial charge >= 0.3 is 20.4 Å². The van der Waals surface area contributed by atoms with Crippen LogP contribution < -0.4 is 3.69 Å². The second kappa shape index (κ2) is 19.3. The predicted octanol–water partition coefficient (Wildman–Crippen LogP) is 8.26. The van der Waals surface area contributed by atoms with E-state index in [4.69, 9.17) is 0 Å². The lowest BCUT2D eigenvalue weighted by atomic mass is 10.0. The second-order valence-electron chi connectivity index (χ2n) is 8.57. The maximum absolute atomic E-state index is 2.44. The summed E-state index contributed by atoms with van der Waals surface area (Å²) in [5.41, 5.74) is 1.69. The molecule has 0 saturated carbocycles. The van der Waals surface area contributed by atoms with Gasteiger partial charge in [0, 0.05) is 0 Å². The molecule has 0 aromatic heterocycles. The molecule has 0 saturated heterocycles. The molecule has 0 fully saturated rings. The molecule has 1 rings (SSSR count). The van der Waals surface area contributed by atoms with Gasteiger partial charge in [0.1, 0.15) is 0 Å². The first kappa shape index (κ1) is 25.0. The highest BCUT2D eigenvalue weighted by atomic mass is 24.5.